The molecule has 4 nitrogen and oxygen atoms in total. The number of ketones is 1. The topological polar surface area (TPSA) is 44.8 Å². The standard InChI is InChI=1S/C36H68O4Si3/c1-33(2,39-42(9,10)11)22-21-32(37)36(5,40-43(12,13)14)31-18-17-29-28-16-15-26-25-27(38-41(6,7)8)19-23-34(26,3)30(28)20-24-35(29,31)4/h15,27-31H,16-25H2,1-14H3/t27-,28-,29-,30-,31-,34-,35-,36+/m0/s1. The summed E-state index contributed by atoms with van der Waals surface area (Å²) in [4.78, 5) is 14.4. The molecule has 4 rings (SSSR count). The number of rotatable bonds is 11. The molecule has 0 aromatic rings. The van der Waals surface area contributed by atoms with E-state index in [2.05, 4.69) is 99.6 Å². The van der Waals surface area contributed by atoms with Gasteiger partial charge in [-0.3, -0.25) is 4.79 Å². The van der Waals surface area contributed by atoms with Crippen LogP contribution in [0.3, 0.4) is 0 Å². The number of hydrogen-bond donors (Lipinski definition) is 0. The van der Waals surface area contributed by atoms with E-state index >= 15 is 0 Å². The summed E-state index contributed by atoms with van der Waals surface area (Å²) in [6.45, 7) is 32.2. The molecule has 0 bridgehead atoms. The van der Waals surface area contributed by atoms with E-state index in [0.29, 0.717) is 29.6 Å². The Morgan fingerprint density at radius 1 is 0.837 bits per heavy atom. The van der Waals surface area contributed by atoms with Gasteiger partial charge in [-0.15, -0.1) is 0 Å². The second-order valence-corrected chi connectivity index (χ2v) is 32.6. The van der Waals surface area contributed by atoms with E-state index in [9.17, 15) is 4.79 Å². The summed E-state index contributed by atoms with van der Waals surface area (Å²) in [5.74, 6) is 2.75. The Hall–Kier alpha value is -0.0594. The minimum Gasteiger partial charge on any atom is -0.414 e. The van der Waals surface area contributed by atoms with Gasteiger partial charge in [0.2, 0.25) is 0 Å². The van der Waals surface area contributed by atoms with Gasteiger partial charge >= 0.3 is 0 Å². The molecule has 0 spiro atoms. The minimum atomic E-state index is -1.98. The number of carbonyl (C=O) groups is 1. The molecule has 0 amide bonds. The summed E-state index contributed by atoms with van der Waals surface area (Å²) in [6, 6.07) is 0. The van der Waals surface area contributed by atoms with Crippen molar-refractivity contribution in [1.82, 2.24) is 0 Å². The Bertz CT molecular complexity index is 1070. The lowest BCUT2D eigenvalue weighted by atomic mass is 9.46. The molecule has 4 aliphatic rings. The lowest BCUT2D eigenvalue weighted by Gasteiger charge is -2.59. The van der Waals surface area contributed by atoms with E-state index in [4.69, 9.17) is 13.3 Å². The summed E-state index contributed by atoms with van der Waals surface area (Å²) in [5.41, 5.74) is 1.15. The third-order valence-electron chi connectivity index (χ3n) is 11.9. The highest BCUT2D eigenvalue weighted by Crippen LogP contribution is 2.68. The SMILES string of the molecule is CC(C)(CCC(=O)[C@](C)(O[Si](C)(C)C)[C@H]1CC[C@H]2[C@@H]3CC=C4C[C@@H](O[Si](C)(C)C)CC[C@]4(C)[C@H]3CC[C@@]21C)O[Si](C)(C)C. The highest BCUT2D eigenvalue weighted by atomic mass is 28.4. The van der Waals surface area contributed by atoms with Crippen LogP contribution >= 0.6 is 0 Å². The Balaban J connectivity index is 1.57. The van der Waals surface area contributed by atoms with Gasteiger partial charge in [0.25, 0.3) is 0 Å². The molecule has 0 aromatic carbocycles. The summed E-state index contributed by atoms with van der Waals surface area (Å²) < 4.78 is 20.2. The maximum Gasteiger partial charge on any atom is 0.185 e. The Morgan fingerprint density at radius 2 is 1.47 bits per heavy atom. The van der Waals surface area contributed by atoms with Crippen molar-refractivity contribution in [2.75, 3.05) is 0 Å². The average Bonchev–Trinajstić information content (AvgIpc) is 3.17. The fourth-order valence-corrected chi connectivity index (χ4v) is 15.1. The summed E-state index contributed by atoms with van der Waals surface area (Å²) in [5, 5.41) is 0. The van der Waals surface area contributed by atoms with Crippen molar-refractivity contribution in [3.8, 4) is 0 Å². The molecular weight excluding hydrogens is 581 g/mol. The Morgan fingerprint density at radius 3 is 2.05 bits per heavy atom. The van der Waals surface area contributed by atoms with Gasteiger partial charge in [-0.05, 0) is 172 Å². The predicted octanol–water partition coefficient (Wildman–Crippen LogP) is 10.4. The molecule has 0 N–H and O–H groups in total. The molecule has 0 saturated heterocycles. The molecular formula is C36H68O4Si3. The molecule has 0 heterocycles. The number of fused-ring (bicyclic) bond motifs is 5. The van der Waals surface area contributed by atoms with Crippen LogP contribution in [0.2, 0.25) is 58.9 Å². The average molecular weight is 649 g/mol. The van der Waals surface area contributed by atoms with Crippen molar-refractivity contribution in [3.63, 3.8) is 0 Å². The molecule has 248 valence electrons. The zero-order valence-electron chi connectivity index (χ0n) is 30.7. The van der Waals surface area contributed by atoms with Gasteiger partial charge in [0.05, 0.1) is 5.60 Å². The van der Waals surface area contributed by atoms with Crippen LogP contribution in [0.25, 0.3) is 0 Å². The predicted molar refractivity (Wildman–Crippen MR) is 189 cm³/mol. The van der Waals surface area contributed by atoms with Gasteiger partial charge in [-0.1, -0.05) is 25.5 Å². The van der Waals surface area contributed by atoms with Crippen LogP contribution < -0.4 is 0 Å². The first kappa shape index (κ1) is 35.8. The van der Waals surface area contributed by atoms with Crippen LogP contribution in [0, 0.1) is 34.5 Å². The van der Waals surface area contributed by atoms with Crippen molar-refractivity contribution in [3.05, 3.63) is 11.6 Å². The van der Waals surface area contributed by atoms with Crippen molar-refractivity contribution in [2.24, 2.45) is 34.5 Å². The lowest BCUT2D eigenvalue weighted by molar-refractivity contribution is -0.149. The third kappa shape index (κ3) is 7.75. The fraction of sp³-hybridized carbons (Fsp3) is 0.917. The van der Waals surface area contributed by atoms with Gasteiger partial charge in [0.15, 0.2) is 30.7 Å². The van der Waals surface area contributed by atoms with Crippen molar-refractivity contribution >= 4 is 30.7 Å². The van der Waals surface area contributed by atoms with E-state index in [0.717, 1.165) is 31.1 Å². The first-order valence-electron chi connectivity index (χ1n) is 17.7. The maximum atomic E-state index is 14.4. The first-order valence-corrected chi connectivity index (χ1v) is 27.9. The van der Waals surface area contributed by atoms with Crippen molar-refractivity contribution in [1.29, 1.82) is 0 Å². The minimum absolute atomic E-state index is 0.148. The monoisotopic (exact) mass is 648 g/mol. The molecule has 7 heteroatoms. The van der Waals surface area contributed by atoms with Crippen LogP contribution in [0.4, 0.5) is 0 Å². The Labute approximate surface area is 269 Å². The summed E-state index contributed by atoms with van der Waals surface area (Å²) in [6.07, 6.45) is 14.1. The molecule has 0 aromatic heterocycles. The largest absolute Gasteiger partial charge is 0.414 e. The second kappa shape index (κ2) is 11.9. The van der Waals surface area contributed by atoms with Crippen molar-refractivity contribution in [2.45, 2.75) is 175 Å². The molecule has 8 atom stereocenters. The molecule has 43 heavy (non-hydrogen) atoms. The van der Waals surface area contributed by atoms with Gasteiger partial charge in [-0.2, -0.15) is 0 Å². The third-order valence-corrected chi connectivity index (χ3v) is 15.1. The smallest absolute Gasteiger partial charge is 0.185 e. The van der Waals surface area contributed by atoms with E-state index in [1.807, 2.05) is 0 Å². The van der Waals surface area contributed by atoms with Gasteiger partial charge in [0, 0.05) is 12.5 Å². The number of hydrogen-bond acceptors (Lipinski definition) is 4. The summed E-state index contributed by atoms with van der Waals surface area (Å²) in [7, 11) is -5.22. The first-order chi connectivity index (χ1) is 19.4. The highest BCUT2D eigenvalue weighted by Gasteiger charge is 2.63. The number of Topliss-reactive ketones (excluding diaryl/α,β-unsaturated/α-hetero) is 1. The number of carbonyl (C=O) groups excluding carboxylic acids is 1. The molecule has 0 unspecified atom stereocenters. The summed E-state index contributed by atoms with van der Waals surface area (Å²) >= 11 is 0. The van der Waals surface area contributed by atoms with Crippen molar-refractivity contribution < 1.29 is 18.1 Å². The molecule has 0 aliphatic heterocycles. The fourth-order valence-electron chi connectivity index (χ4n) is 10.6. The molecule has 0 radical (unpaired) electrons. The van der Waals surface area contributed by atoms with Crippen LogP contribution in [-0.4, -0.2) is 48.0 Å². The lowest BCUT2D eigenvalue weighted by Crippen LogP contribution is -2.58. The second-order valence-electron chi connectivity index (χ2n) is 19.2. The van der Waals surface area contributed by atoms with Crippen LogP contribution in [0.1, 0.15) is 98.8 Å². The van der Waals surface area contributed by atoms with Crippen LogP contribution in [-0.2, 0) is 18.1 Å². The van der Waals surface area contributed by atoms with E-state index in [-0.39, 0.29) is 16.9 Å². The van der Waals surface area contributed by atoms with E-state index in [1.54, 1.807) is 5.57 Å². The highest BCUT2D eigenvalue weighted by molar-refractivity contribution is 6.70. The van der Waals surface area contributed by atoms with Crippen LogP contribution in [0.5, 0.6) is 0 Å². The maximum absolute atomic E-state index is 14.4. The van der Waals surface area contributed by atoms with E-state index < -0.39 is 30.6 Å². The Kier molecular flexibility index (Phi) is 9.88. The van der Waals surface area contributed by atoms with Gasteiger partial charge in [-0.25, -0.2) is 0 Å². The molecule has 3 fully saturated rings. The molecule has 4 aliphatic carbocycles. The van der Waals surface area contributed by atoms with Gasteiger partial charge in [0.1, 0.15) is 5.60 Å². The quantitative estimate of drug-likeness (QED) is 0.165. The van der Waals surface area contributed by atoms with Crippen LogP contribution in [0.15, 0.2) is 11.6 Å². The van der Waals surface area contributed by atoms with Gasteiger partial charge < -0.3 is 13.3 Å². The number of allylic oxidation sites excluding steroid dienone is 1. The zero-order valence-corrected chi connectivity index (χ0v) is 33.7. The molecule has 3 saturated carbocycles. The van der Waals surface area contributed by atoms with E-state index in [1.165, 1.54) is 38.5 Å². The normalized spacial score (nSPS) is 36.7. The zero-order chi connectivity index (χ0) is 32.4.